The minimum Gasteiger partial charge on any atom is -0.495 e. The molecule has 0 aliphatic carbocycles. The molecule has 0 saturated heterocycles. The Morgan fingerprint density at radius 1 is 1.27 bits per heavy atom. The third-order valence-electron chi connectivity index (χ3n) is 4.59. The summed E-state index contributed by atoms with van der Waals surface area (Å²) in [6, 6.07) is 11.1. The van der Waals surface area contributed by atoms with Crippen molar-refractivity contribution in [2.24, 2.45) is 5.14 Å². The van der Waals surface area contributed by atoms with Crippen LogP contribution in [0.25, 0.3) is 22.6 Å². The number of sulfonamides is 1. The number of rotatable bonds is 8. The number of oxazole rings is 1. The maximum Gasteiger partial charge on any atom is 0.264 e. The smallest absolute Gasteiger partial charge is 0.264 e. The summed E-state index contributed by atoms with van der Waals surface area (Å²) in [7, 11) is -2.32. The predicted molar refractivity (Wildman–Crippen MR) is 132 cm³/mol. The zero-order valence-corrected chi connectivity index (χ0v) is 21.0. The summed E-state index contributed by atoms with van der Waals surface area (Å²) >= 11 is 12.6. The molecule has 0 radical (unpaired) electrons. The molecule has 3 aromatic rings. The van der Waals surface area contributed by atoms with Crippen molar-refractivity contribution in [3.8, 4) is 28.3 Å². The van der Waals surface area contributed by atoms with Gasteiger partial charge in [-0.05, 0) is 61.1 Å². The first-order valence-corrected chi connectivity index (χ1v) is 12.9. The highest BCUT2D eigenvalue weighted by atomic mass is 35.5. The average molecular weight is 528 g/mol. The second kappa shape index (κ2) is 10.9. The van der Waals surface area contributed by atoms with E-state index in [1.807, 2.05) is 6.92 Å². The van der Waals surface area contributed by atoms with Gasteiger partial charge in [-0.15, -0.1) is 0 Å². The van der Waals surface area contributed by atoms with Crippen molar-refractivity contribution in [2.45, 2.75) is 29.9 Å². The van der Waals surface area contributed by atoms with Gasteiger partial charge in [-0.2, -0.15) is 0 Å². The molecule has 0 saturated carbocycles. The number of hydrogen-bond donors (Lipinski definition) is 2. The second-order valence-corrected chi connectivity index (χ2v) is 10.5. The fourth-order valence-corrected chi connectivity index (χ4v) is 4.56. The number of halogens is 1. The number of hydroxylamine groups is 2. The average Bonchev–Trinajstić information content (AvgIpc) is 3.20. The van der Waals surface area contributed by atoms with Crippen LogP contribution in [0.5, 0.6) is 5.75 Å². The molecule has 176 valence electrons. The van der Waals surface area contributed by atoms with Gasteiger partial charge < -0.3 is 9.15 Å². The number of hydrogen-bond acceptors (Lipinski definition) is 8. The molecule has 3 rings (SSSR count). The highest BCUT2D eigenvalue weighted by Crippen LogP contribution is 2.38. The van der Waals surface area contributed by atoms with E-state index >= 15 is 0 Å². The summed E-state index contributed by atoms with van der Waals surface area (Å²) in [6.07, 6.45) is 1.68. The summed E-state index contributed by atoms with van der Waals surface area (Å²) in [6.45, 7) is 2.41. The molecule has 2 aromatic carbocycles. The van der Waals surface area contributed by atoms with E-state index in [2.05, 4.69) is 4.98 Å². The lowest BCUT2D eigenvalue weighted by Crippen LogP contribution is -2.24. The van der Waals surface area contributed by atoms with Crippen LogP contribution in [0.3, 0.4) is 0 Å². The van der Waals surface area contributed by atoms with Gasteiger partial charge in [0.2, 0.25) is 10.0 Å². The van der Waals surface area contributed by atoms with Gasteiger partial charge in [0.1, 0.15) is 11.4 Å². The number of ether oxygens (including phenoxy) is 1. The monoisotopic (exact) mass is 527 g/mol. The molecule has 3 N–H and O–H groups in total. The highest BCUT2D eigenvalue weighted by Gasteiger charge is 2.21. The molecule has 0 unspecified atom stereocenters. The zero-order chi connectivity index (χ0) is 24.2. The quantitative estimate of drug-likeness (QED) is 0.232. The Labute approximate surface area is 206 Å². The molecular weight excluding hydrogens is 506 g/mol. The largest absolute Gasteiger partial charge is 0.495 e. The first-order valence-electron chi connectivity index (χ1n) is 9.80. The SMILES string of the molecule is CCCCN(O)C(=S)Sc1nc(-c2ccc(OC)c(Cl)c2)c(-c2ccc(S(N)(=O)=O)cc2)o1. The van der Waals surface area contributed by atoms with Crippen molar-refractivity contribution in [1.82, 2.24) is 10.0 Å². The van der Waals surface area contributed by atoms with Crippen LogP contribution in [0.15, 0.2) is 57.0 Å². The molecule has 0 amide bonds. The molecule has 1 aromatic heterocycles. The number of thioether (sulfide) groups is 1. The third kappa shape index (κ3) is 6.25. The fraction of sp³-hybridized carbons (Fsp3) is 0.238. The maximum absolute atomic E-state index is 11.6. The maximum atomic E-state index is 11.6. The number of benzene rings is 2. The van der Waals surface area contributed by atoms with Crippen molar-refractivity contribution in [1.29, 1.82) is 0 Å². The van der Waals surface area contributed by atoms with Gasteiger partial charge in [-0.1, -0.05) is 24.9 Å². The standard InChI is InChI=1S/C21H22ClN3O5S3/c1-3-4-11-25(26)21(31)32-20-24-18(14-7-10-17(29-2)16(22)12-14)19(30-20)13-5-8-15(9-6-13)33(23,27)28/h5-10,12,26H,3-4,11H2,1-2H3,(H2,23,27,28). The number of unbranched alkanes of at least 4 members (excludes halogenated alkanes) is 1. The van der Waals surface area contributed by atoms with Crippen molar-refractivity contribution in [3.63, 3.8) is 0 Å². The van der Waals surface area contributed by atoms with E-state index in [1.54, 1.807) is 30.3 Å². The summed E-state index contributed by atoms with van der Waals surface area (Å²) in [5, 5.41) is 16.9. The molecule has 33 heavy (non-hydrogen) atoms. The molecule has 0 spiro atoms. The highest BCUT2D eigenvalue weighted by molar-refractivity contribution is 8.22. The van der Waals surface area contributed by atoms with Gasteiger partial charge in [0.25, 0.3) is 5.22 Å². The Morgan fingerprint density at radius 2 is 1.94 bits per heavy atom. The van der Waals surface area contributed by atoms with E-state index in [1.165, 1.54) is 19.2 Å². The third-order valence-corrected chi connectivity index (χ3v) is 7.01. The van der Waals surface area contributed by atoms with Crippen molar-refractivity contribution in [2.75, 3.05) is 13.7 Å². The first-order chi connectivity index (χ1) is 15.6. The number of methoxy groups -OCH3 is 1. The Morgan fingerprint density at radius 3 is 2.52 bits per heavy atom. The van der Waals surface area contributed by atoms with Crippen LogP contribution in [0, 0.1) is 0 Å². The number of nitrogens with zero attached hydrogens (tertiary/aromatic N) is 2. The molecule has 12 heteroatoms. The normalized spacial score (nSPS) is 11.4. The molecule has 0 aliphatic rings. The molecule has 1 heterocycles. The minimum atomic E-state index is -3.84. The van der Waals surface area contributed by atoms with Gasteiger partial charge in [-0.3, -0.25) is 5.21 Å². The summed E-state index contributed by atoms with van der Waals surface area (Å²) in [5.74, 6) is 0.881. The molecule has 0 bridgehead atoms. The molecule has 0 atom stereocenters. The summed E-state index contributed by atoms with van der Waals surface area (Å²) < 4.78 is 34.6. The lowest BCUT2D eigenvalue weighted by Gasteiger charge is -2.14. The second-order valence-electron chi connectivity index (χ2n) is 6.92. The van der Waals surface area contributed by atoms with E-state index in [9.17, 15) is 13.6 Å². The van der Waals surface area contributed by atoms with Gasteiger partial charge in [-0.25, -0.2) is 23.6 Å². The van der Waals surface area contributed by atoms with Gasteiger partial charge >= 0.3 is 0 Å². The van der Waals surface area contributed by atoms with E-state index in [0.717, 1.165) is 29.7 Å². The number of aromatic nitrogens is 1. The van der Waals surface area contributed by atoms with Gasteiger partial charge in [0.05, 0.1) is 17.0 Å². The van der Waals surface area contributed by atoms with E-state index in [0.29, 0.717) is 39.9 Å². The lowest BCUT2D eigenvalue weighted by molar-refractivity contribution is -0.00878. The Balaban J connectivity index is 2.03. The fourth-order valence-electron chi connectivity index (χ4n) is 2.87. The number of thiocarbonyl (C=S) groups is 1. The van der Waals surface area contributed by atoms with Gasteiger partial charge in [0, 0.05) is 29.4 Å². The molecule has 0 fully saturated rings. The zero-order valence-electron chi connectivity index (χ0n) is 17.8. The Kier molecular flexibility index (Phi) is 8.38. The van der Waals surface area contributed by atoms with Crippen molar-refractivity contribution < 1.29 is 22.8 Å². The van der Waals surface area contributed by atoms with Crippen LogP contribution in [0.4, 0.5) is 0 Å². The van der Waals surface area contributed by atoms with E-state index in [-0.39, 0.29) is 14.4 Å². The van der Waals surface area contributed by atoms with Crippen LogP contribution in [0.2, 0.25) is 5.02 Å². The minimum absolute atomic E-state index is 0.0255. The van der Waals surface area contributed by atoms with Crippen LogP contribution in [0.1, 0.15) is 19.8 Å². The molecular formula is C21H22ClN3O5S3. The van der Waals surface area contributed by atoms with Crippen LogP contribution in [-0.4, -0.2) is 41.6 Å². The summed E-state index contributed by atoms with van der Waals surface area (Å²) in [4.78, 5) is 4.53. The predicted octanol–water partition coefficient (Wildman–Crippen LogP) is 5.19. The topological polar surface area (TPSA) is 119 Å². The van der Waals surface area contributed by atoms with Crippen LogP contribution in [-0.2, 0) is 10.0 Å². The van der Waals surface area contributed by atoms with Gasteiger partial charge in [0.15, 0.2) is 10.1 Å². The Hall–Kier alpha value is -2.15. The Bertz CT molecular complexity index is 1250. The van der Waals surface area contributed by atoms with E-state index < -0.39 is 10.0 Å². The molecule has 8 nitrogen and oxygen atoms in total. The lowest BCUT2D eigenvalue weighted by atomic mass is 10.1. The van der Waals surface area contributed by atoms with Crippen molar-refractivity contribution in [3.05, 3.63) is 47.5 Å². The first kappa shape index (κ1) is 25.5. The molecule has 0 aliphatic heterocycles. The number of nitrogens with two attached hydrogens (primary N) is 1. The summed E-state index contributed by atoms with van der Waals surface area (Å²) in [5.41, 5.74) is 1.69. The van der Waals surface area contributed by atoms with E-state index in [4.69, 9.17) is 38.1 Å². The van der Waals surface area contributed by atoms with Crippen LogP contribution < -0.4 is 9.88 Å². The van der Waals surface area contributed by atoms with Crippen molar-refractivity contribution >= 4 is 49.9 Å². The van der Waals surface area contributed by atoms with Crippen LogP contribution >= 0.6 is 35.6 Å². The number of primary sulfonamides is 1.